The van der Waals surface area contributed by atoms with Gasteiger partial charge in [-0.2, -0.15) is 0 Å². The van der Waals surface area contributed by atoms with Gasteiger partial charge in [-0.1, -0.05) is 32.1 Å². The van der Waals surface area contributed by atoms with E-state index in [9.17, 15) is 19.5 Å². The van der Waals surface area contributed by atoms with Crippen molar-refractivity contribution in [3.63, 3.8) is 0 Å². The molecule has 6 atom stereocenters. The zero-order valence-corrected chi connectivity index (χ0v) is 19.2. The number of hydrogen-bond acceptors (Lipinski definition) is 6. The molecule has 0 saturated carbocycles. The second-order valence-electron chi connectivity index (χ2n) is 9.00. The van der Waals surface area contributed by atoms with Crippen LogP contribution in [0.2, 0.25) is 0 Å². The van der Waals surface area contributed by atoms with Gasteiger partial charge in [-0.3, -0.25) is 14.4 Å². The van der Waals surface area contributed by atoms with E-state index in [1.165, 1.54) is 11.0 Å². The fourth-order valence-corrected chi connectivity index (χ4v) is 5.78. The number of hydrogen-bond donors (Lipinski definition) is 1. The minimum absolute atomic E-state index is 0.0253. The number of esters is 1. The first-order valence-electron chi connectivity index (χ1n) is 11.7. The molecule has 32 heavy (non-hydrogen) atoms. The lowest BCUT2D eigenvalue weighted by molar-refractivity contribution is -0.154. The molecule has 2 bridgehead atoms. The van der Waals surface area contributed by atoms with Crippen molar-refractivity contribution in [1.82, 2.24) is 9.80 Å². The number of ether oxygens (including phenoxy) is 2. The Hall–Kier alpha value is -2.19. The first kappa shape index (κ1) is 24.5. The second kappa shape index (κ2) is 10.2. The molecule has 3 rings (SSSR count). The Morgan fingerprint density at radius 2 is 2.16 bits per heavy atom. The van der Waals surface area contributed by atoms with Crippen LogP contribution in [0.1, 0.15) is 46.0 Å². The van der Waals surface area contributed by atoms with Crippen molar-refractivity contribution in [3.05, 3.63) is 25.3 Å². The number of amides is 2. The molecule has 3 unspecified atom stereocenters. The van der Waals surface area contributed by atoms with E-state index in [1.807, 2.05) is 6.92 Å². The highest BCUT2D eigenvalue weighted by atomic mass is 16.6. The van der Waals surface area contributed by atoms with Crippen molar-refractivity contribution in [2.24, 2.45) is 11.8 Å². The summed E-state index contributed by atoms with van der Waals surface area (Å²) in [6, 6.07) is -0.851. The lowest BCUT2D eigenvalue weighted by Gasteiger charge is -2.38. The van der Waals surface area contributed by atoms with E-state index in [0.717, 1.165) is 12.8 Å². The number of carbonyl (C=O) groups excluding carboxylic acids is 3. The smallest absolute Gasteiger partial charge is 0.312 e. The SMILES string of the molecule is C=CCOC(=O)[C@@H]1[C@H]2C(=O)N(CCCO)C(C(=O)N(CC=C)C(C)CCC)C23CC[C@H]1O3. The van der Waals surface area contributed by atoms with E-state index in [1.54, 1.807) is 11.0 Å². The Labute approximate surface area is 190 Å². The number of nitrogens with zero attached hydrogens (tertiary/aromatic N) is 2. The summed E-state index contributed by atoms with van der Waals surface area (Å²) >= 11 is 0. The van der Waals surface area contributed by atoms with Crippen molar-refractivity contribution in [1.29, 1.82) is 0 Å². The Bertz CT molecular complexity index is 755. The molecular weight excluding hydrogens is 412 g/mol. The topological polar surface area (TPSA) is 96.4 Å². The predicted molar refractivity (Wildman–Crippen MR) is 118 cm³/mol. The van der Waals surface area contributed by atoms with Crippen LogP contribution in [0.3, 0.4) is 0 Å². The van der Waals surface area contributed by atoms with E-state index in [0.29, 0.717) is 25.8 Å². The van der Waals surface area contributed by atoms with Gasteiger partial charge >= 0.3 is 5.97 Å². The Balaban J connectivity index is 1.99. The quantitative estimate of drug-likeness (QED) is 0.360. The highest BCUT2D eigenvalue weighted by molar-refractivity contribution is 5.98. The van der Waals surface area contributed by atoms with E-state index < -0.39 is 35.6 Å². The van der Waals surface area contributed by atoms with Gasteiger partial charge in [0.25, 0.3) is 0 Å². The van der Waals surface area contributed by atoms with Crippen LogP contribution in [0.15, 0.2) is 25.3 Å². The van der Waals surface area contributed by atoms with Gasteiger partial charge in [0.2, 0.25) is 11.8 Å². The molecular formula is C24H36N2O6. The summed E-state index contributed by atoms with van der Waals surface area (Å²) in [7, 11) is 0. The van der Waals surface area contributed by atoms with E-state index >= 15 is 0 Å². The summed E-state index contributed by atoms with van der Waals surface area (Å²) in [4.78, 5) is 43.7. The summed E-state index contributed by atoms with van der Waals surface area (Å²) in [5, 5.41) is 9.40. The van der Waals surface area contributed by atoms with Crippen molar-refractivity contribution in [3.8, 4) is 0 Å². The highest BCUT2D eigenvalue weighted by Gasteiger charge is 2.75. The summed E-state index contributed by atoms with van der Waals surface area (Å²) in [6.45, 7) is 12.0. The number of carbonyl (C=O) groups is 3. The number of aliphatic hydroxyl groups is 1. The zero-order chi connectivity index (χ0) is 23.5. The predicted octanol–water partition coefficient (Wildman–Crippen LogP) is 1.68. The van der Waals surface area contributed by atoms with Crippen LogP contribution >= 0.6 is 0 Å². The summed E-state index contributed by atoms with van der Waals surface area (Å²) in [5.74, 6) is -2.40. The minimum atomic E-state index is -1.04. The first-order valence-corrected chi connectivity index (χ1v) is 11.7. The zero-order valence-electron chi connectivity index (χ0n) is 19.2. The third kappa shape index (κ3) is 3.99. The van der Waals surface area contributed by atoms with E-state index in [-0.39, 0.29) is 37.6 Å². The van der Waals surface area contributed by atoms with Gasteiger partial charge in [0, 0.05) is 25.7 Å². The Morgan fingerprint density at radius 1 is 1.41 bits per heavy atom. The molecule has 1 spiro atoms. The third-order valence-corrected chi connectivity index (χ3v) is 7.05. The first-order chi connectivity index (χ1) is 15.4. The van der Waals surface area contributed by atoms with Gasteiger partial charge in [0.15, 0.2) is 0 Å². The summed E-state index contributed by atoms with van der Waals surface area (Å²) < 4.78 is 11.6. The summed E-state index contributed by atoms with van der Waals surface area (Å²) in [6.07, 6.45) is 5.97. The summed E-state index contributed by atoms with van der Waals surface area (Å²) in [5.41, 5.74) is -1.04. The van der Waals surface area contributed by atoms with Gasteiger partial charge in [-0.05, 0) is 32.6 Å². The molecule has 178 valence electrons. The average molecular weight is 449 g/mol. The molecule has 0 aromatic heterocycles. The Morgan fingerprint density at radius 3 is 2.78 bits per heavy atom. The van der Waals surface area contributed by atoms with Crippen LogP contribution < -0.4 is 0 Å². The molecule has 0 aromatic carbocycles. The van der Waals surface area contributed by atoms with Gasteiger partial charge in [-0.25, -0.2) is 0 Å². The Kier molecular flexibility index (Phi) is 7.77. The number of fused-ring (bicyclic) bond motifs is 1. The van der Waals surface area contributed by atoms with Crippen molar-refractivity contribution >= 4 is 17.8 Å². The molecule has 2 amide bonds. The number of likely N-dealkylation sites (tertiary alicyclic amines) is 1. The van der Waals surface area contributed by atoms with Gasteiger partial charge in [0.05, 0.1) is 17.9 Å². The van der Waals surface area contributed by atoms with Crippen LogP contribution in [-0.2, 0) is 23.9 Å². The van der Waals surface area contributed by atoms with Gasteiger partial charge in [-0.15, -0.1) is 6.58 Å². The molecule has 0 radical (unpaired) electrons. The third-order valence-electron chi connectivity index (χ3n) is 7.05. The van der Waals surface area contributed by atoms with Gasteiger partial charge < -0.3 is 24.4 Å². The molecule has 3 saturated heterocycles. The minimum Gasteiger partial charge on any atom is -0.461 e. The molecule has 0 aliphatic carbocycles. The molecule has 3 aliphatic rings. The normalized spacial score (nSPS) is 31.3. The molecule has 3 fully saturated rings. The van der Waals surface area contributed by atoms with Crippen molar-refractivity contribution in [2.75, 3.05) is 26.3 Å². The lowest BCUT2D eigenvalue weighted by Crippen LogP contribution is -2.58. The van der Waals surface area contributed by atoms with Crippen molar-refractivity contribution < 1.29 is 29.0 Å². The standard InChI is InChI=1S/C24H36N2O6/c1-5-9-16(4)25(12-6-2)22(29)20-24-11-10-17(32-24)18(23(30)31-15-7-3)19(24)21(28)26(20)13-8-14-27/h6-7,16-20,27H,2-3,5,8-15H2,1,4H3/t16?,17-,18+,19+,20?,24?/m1/s1. The molecule has 1 N–H and O–H groups in total. The number of aliphatic hydroxyl groups excluding tert-OH is 1. The molecule has 8 nitrogen and oxygen atoms in total. The fraction of sp³-hybridized carbons (Fsp3) is 0.708. The largest absolute Gasteiger partial charge is 0.461 e. The highest BCUT2D eigenvalue weighted by Crippen LogP contribution is 2.58. The average Bonchev–Trinajstić information content (AvgIpc) is 3.41. The molecule has 3 aliphatic heterocycles. The maximum Gasteiger partial charge on any atom is 0.312 e. The van der Waals surface area contributed by atoms with Crippen LogP contribution in [0, 0.1) is 11.8 Å². The van der Waals surface area contributed by atoms with E-state index in [2.05, 4.69) is 20.1 Å². The molecule has 3 heterocycles. The number of rotatable bonds is 12. The monoisotopic (exact) mass is 448 g/mol. The van der Waals surface area contributed by atoms with Crippen LogP contribution in [0.5, 0.6) is 0 Å². The van der Waals surface area contributed by atoms with Crippen molar-refractivity contribution in [2.45, 2.75) is 69.7 Å². The van der Waals surface area contributed by atoms with Crippen LogP contribution in [0.25, 0.3) is 0 Å². The maximum atomic E-state index is 14.0. The lowest BCUT2D eigenvalue weighted by atomic mass is 9.70. The van der Waals surface area contributed by atoms with E-state index in [4.69, 9.17) is 9.47 Å². The van der Waals surface area contributed by atoms with Gasteiger partial charge in [0.1, 0.15) is 18.2 Å². The van der Waals surface area contributed by atoms with Crippen LogP contribution in [-0.4, -0.2) is 82.8 Å². The fourth-order valence-electron chi connectivity index (χ4n) is 5.78. The second-order valence-corrected chi connectivity index (χ2v) is 9.00. The maximum absolute atomic E-state index is 14.0. The molecule has 0 aromatic rings. The van der Waals surface area contributed by atoms with Crippen LogP contribution in [0.4, 0.5) is 0 Å². The molecule has 8 heteroatoms.